The van der Waals surface area contributed by atoms with Crippen LogP contribution in [0, 0.1) is 11.2 Å². The average Bonchev–Trinajstić information content (AvgIpc) is 2.92. The molecule has 0 radical (unpaired) electrons. The van der Waals surface area contributed by atoms with E-state index in [1.54, 1.807) is 12.0 Å². The molecule has 3 aliphatic rings. The molecule has 0 saturated carbocycles. The van der Waals surface area contributed by atoms with Crippen LogP contribution in [0.4, 0.5) is 15.0 Å². The number of carbonyl (C=O) groups excluding carboxylic acids is 1. The van der Waals surface area contributed by atoms with Crippen molar-refractivity contribution < 1.29 is 23.4 Å². The highest BCUT2D eigenvalue weighted by Crippen LogP contribution is 2.43. The highest BCUT2D eigenvalue weighted by Gasteiger charge is 2.48. The van der Waals surface area contributed by atoms with Crippen LogP contribution in [-0.4, -0.2) is 97.1 Å². The van der Waals surface area contributed by atoms with Crippen LogP contribution in [0.3, 0.4) is 0 Å². The minimum Gasteiger partial charge on any atom is -0.460 e. The van der Waals surface area contributed by atoms with E-state index in [9.17, 15) is 4.79 Å². The number of nitrogens with zero attached hydrogens (tertiary/aromatic N) is 5. The zero-order valence-corrected chi connectivity index (χ0v) is 26.6. The molecule has 2 aromatic rings. The Balaban J connectivity index is 1.33. The molecule has 4 heterocycles. The predicted octanol–water partition coefficient (Wildman–Crippen LogP) is 5.42. The average molecular weight is 637 g/mol. The SMILES string of the molecule is CCc1cc2c(N3CCC4(CC3)CN(C(=O)OC(C)(C)C)C4)nc(OC3CCN(CCOC)CC3)nc2c(F)c1Br. The first kappa shape index (κ1) is 30.2. The van der Waals surface area contributed by atoms with E-state index >= 15 is 4.39 Å². The van der Waals surface area contributed by atoms with Gasteiger partial charge >= 0.3 is 12.1 Å². The second kappa shape index (κ2) is 12.2. The van der Waals surface area contributed by atoms with Crippen LogP contribution in [0.15, 0.2) is 10.5 Å². The van der Waals surface area contributed by atoms with Crippen molar-refractivity contribution >= 4 is 38.7 Å². The Kier molecular flexibility index (Phi) is 8.97. The third-order valence-electron chi connectivity index (χ3n) is 8.53. The lowest BCUT2D eigenvalue weighted by molar-refractivity contribution is -0.0434. The van der Waals surface area contributed by atoms with E-state index in [4.69, 9.17) is 19.2 Å². The summed E-state index contributed by atoms with van der Waals surface area (Å²) in [5.41, 5.74) is 0.763. The molecule has 5 rings (SSSR count). The molecule has 0 bridgehead atoms. The topological polar surface area (TPSA) is 80.3 Å². The molecule has 1 aromatic heterocycles. The van der Waals surface area contributed by atoms with Gasteiger partial charge in [-0.1, -0.05) is 6.92 Å². The second-order valence-electron chi connectivity index (χ2n) is 12.7. The van der Waals surface area contributed by atoms with E-state index in [1.807, 2.05) is 33.8 Å². The van der Waals surface area contributed by atoms with E-state index in [-0.39, 0.29) is 35.0 Å². The molecular weight excluding hydrogens is 593 g/mol. The number of methoxy groups -OCH3 is 1. The molecule has 11 heteroatoms. The van der Waals surface area contributed by atoms with Gasteiger partial charge in [0.15, 0.2) is 5.82 Å². The smallest absolute Gasteiger partial charge is 0.410 e. The maximum atomic E-state index is 15.7. The van der Waals surface area contributed by atoms with Crippen molar-refractivity contribution in [2.75, 3.05) is 64.4 Å². The molecule has 3 fully saturated rings. The molecule has 0 unspecified atom stereocenters. The van der Waals surface area contributed by atoms with Gasteiger partial charge in [0.25, 0.3) is 0 Å². The molecule has 0 aliphatic carbocycles. The molecule has 41 heavy (non-hydrogen) atoms. The highest BCUT2D eigenvalue weighted by molar-refractivity contribution is 9.10. The monoisotopic (exact) mass is 635 g/mol. The number of hydrogen-bond acceptors (Lipinski definition) is 8. The molecular formula is C30H43BrFN5O4. The van der Waals surface area contributed by atoms with E-state index in [0.29, 0.717) is 36.0 Å². The van der Waals surface area contributed by atoms with Gasteiger partial charge < -0.3 is 28.9 Å². The maximum absolute atomic E-state index is 15.7. The number of likely N-dealkylation sites (tertiary alicyclic amines) is 2. The number of fused-ring (bicyclic) bond motifs is 1. The zero-order chi connectivity index (χ0) is 29.4. The number of carbonyl (C=O) groups is 1. The molecule has 3 saturated heterocycles. The summed E-state index contributed by atoms with van der Waals surface area (Å²) >= 11 is 3.45. The number of rotatable bonds is 7. The normalized spacial score (nSPS) is 20.0. The highest BCUT2D eigenvalue weighted by atomic mass is 79.9. The summed E-state index contributed by atoms with van der Waals surface area (Å²) in [5.74, 6) is 0.351. The van der Waals surface area contributed by atoms with Gasteiger partial charge in [-0.2, -0.15) is 9.97 Å². The van der Waals surface area contributed by atoms with Crippen molar-refractivity contribution in [1.29, 1.82) is 0 Å². The van der Waals surface area contributed by atoms with Gasteiger partial charge in [-0.05, 0) is 80.4 Å². The Hall–Kier alpha value is -2.24. The van der Waals surface area contributed by atoms with Crippen molar-refractivity contribution in [3.8, 4) is 6.01 Å². The maximum Gasteiger partial charge on any atom is 0.410 e. The van der Waals surface area contributed by atoms with Crippen LogP contribution in [0.25, 0.3) is 10.9 Å². The van der Waals surface area contributed by atoms with Crippen LogP contribution in [0.5, 0.6) is 6.01 Å². The third kappa shape index (κ3) is 6.72. The van der Waals surface area contributed by atoms with Gasteiger partial charge in [0.2, 0.25) is 0 Å². The van der Waals surface area contributed by atoms with Crippen molar-refractivity contribution in [3.05, 3.63) is 21.9 Å². The van der Waals surface area contributed by atoms with Crippen LogP contribution in [0.1, 0.15) is 58.9 Å². The van der Waals surface area contributed by atoms with Crippen molar-refractivity contribution in [3.63, 3.8) is 0 Å². The number of benzene rings is 1. The van der Waals surface area contributed by atoms with Gasteiger partial charge in [0.1, 0.15) is 23.0 Å². The lowest BCUT2D eigenvalue weighted by Gasteiger charge is -2.53. The molecule has 226 valence electrons. The van der Waals surface area contributed by atoms with Crippen LogP contribution in [0.2, 0.25) is 0 Å². The molecule has 9 nitrogen and oxygen atoms in total. The summed E-state index contributed by atoms with van der Waals surface area (Å²) in [7, 11) is 1.72. The molecule has 1 amide bonds. The standard InChI is InChI=1S/C30H43BrFN5O4/c1-6-20-17-22-25(24(32)23(20)31)33-27(40-21-7-11-35(12-8-21)15-16-39-5)34-26(22)36-13-9-30(10-14-36)18-37(19-30)28(38)41-29(2,3)4/h17,21H,6-16,18-19H2,1-5H3. The molecule has 1 spiro atoms. The molecule has 3 aliphatic heterocycles. The summed E-state index contributed by atoms with van der Waals surface area (Å²) in [5, 5.41) is 0.712. The quantitative estimate of drug-likeness (QED) is 0.399. The Morgan fingerprint density at radius 1 is 1.15 bits per heavy atom. The largest absolute Gasteiger partial charge is 0.460 e. The number of halogens is 2. The number of hydrogen-bond donors (Lipinski definition) is 0. The van der Waals surface area contributed by atoms with E-state index < -0.39 is 5.60 Å². The predicted molar refractivity (Wildman–Crippen MR) is 160 cm³/mol. The lowest BCUT2D eigenvalue weighted by atomic mass is 9.72. The number of anilines is 1. The van der Waals surface area contributed by atoms with Gasteiger partial charge in [-0.3, -0.25) is 0 Å². The Labute approximate surface area is 250 Å². The number of ether oxygens (including phenoxy) is 3. The molecule has 0 N–H and O–H groups in total. The molecule has 1 aromatic carbocycles. The van der Waals surface area contributed by atoms with Crippen molar-refractivity contribution in [1.82, 2.24) is 19.8 Å². The van der Waals surface area contributed by atoms with E-state index in [0.717, 1.165) is 69.8 Å². The zero-order valence-electron chi connectivity index (χ0n) is 25.0. The first-order valence-electron chi connectivity index (χ1n) is 14.8. The van der Waals surface area contributed by atoms with E-state index in [1.165, 1.54) is 0 Å². The Morgan fingerprint density at radius 2 is 1.83 bits per heavy atom. The van der Waals surface area contributed by atoms with Gasteiger partial charge in [-0.15, -0.1) is 0 Å². The van der Waals surface area contributed by atoms with Crippen LogP contribution >= 0.6 is 15.9 Å². The lowest BCUT2D eigenvalue weighted by Crippen LogP contribution is -2.62. The first-order chi connectivity index (χ1) is 19.5. The summed E-state index contributed by atoms with van der Waals surface area (Å²) in [6.07, 6.45) is 4.01. The van der Waals surface area contributed by atoms with Crippen LogP contribution < -0.4 is 9.64 Å². The molecule has 0 atom stereocenters. The van der Waals surface area contributed by atoms with Crippen molar-refractivity contribution in [2.45, 2.75) is 71.5 Å². The van der Waals surface area contributed by atoms with Gasteiger partial charge in [0.05, 0.1) is 11.1 Å². The van der Waals surface area contributed by atoms with Gasteiger partial charge in [0, 0.05) is 63.7 Å². The van der Waals surface area contributed by atoms with E-state index in [2.05, 4.69) is 30.7 Å². The summed E-state index contributed by atoms with van der Waals surface area (Å²) < 4.78 is 33.2. The summed E-state index contributed by atoms with van der Waals surface area (Å²) in [6, 6.07) is 2.24. The number of aromatic nitrogens is 2. The van der Waals surface area contributed by atoms with Crippen molar-refractivity contribution in [2.24, 2.45) is 5.41 Å². The number of aryl methyl sites for hydroxylation is 1. The fourth-order valence-corrected chi connectivity index (χ4v) is 6.70. The van der Waals surface area contributed by atoms with Gasteiger partial charge in [-0.25, -0.2) is 9.18 Å². The first-order valence-corrected chi connectivity index (χ1v) is 15.6. The summed E-state index contributed by atoms with van der Waals surface area (Å²) in [6.45, 7) is 14.1. The minimum atomic E-state index is -0.500. The minimum absolute atomic E-state index is 0.0149. The second-order valence-corrected chi connectivity index (χ2v) is 13.5. The third-order valence-corrected chi connectivity index (χ3v) is 9.39. The number of piperidine rings is 2. The Bertz CT molecular complexity index is 1250. The summed E-state index contributed by atoms with van der Waals surface area (Å²) in [4.78, 5) is 28.4. The van der Waals surface area contributed by atoms with Crippen LogP contribution in [-0.2, 0) is 15.9 Å². The fourth-order valence-electron chi connectivity index (χ4n) is 6.12. The number of amides is 1. The Morgan fingerprint density at radius 3 is 2.44 bits per heavy atom. The fraction of sp³-hybridized carbons (Fsp3) is 0.700.